The third kappa shape index (κ3) is 4.30. The number of carbonyl (C=O) groups is 2. The minimum absolute atomic E-state index is 0.0433. The molecule has 0 saturated heterocycles. The Balaban J connectivity index is 1.96. The molecule has 2 aromatic rings. The molecule has 2 heterocycles. The zero-order valence-corrected chi connectivity index (χ0v) is 14.6. The molecule has 0 amide bonds. The van der Waals surface area contributed by atoms with E-state index in [1.807, 2.05) is 24.3 Å². The first-order valence-electron chi connectivity index (χ1n) is 8.60. The largest absolute Gasteiger partial charge is 0.466 e. The molecule has 1 saturated carbocycles. The molecule has 1 fully saturated rings. The van der Waals surface area contributed by atoms with E-state index in [2.05, 4.69) is 9.97 Å². The highest BCUT2D eigenvalue weighted by atomic mass is 16.5. The van der Waals surface area contributed by atoms with Crippen molar-refractivity contribution in [1.82, 2.24) is 9.97 Å². The molecule has 5 heteroatoms. The fourth-order valence-electron chi connectivity index (χ4n) is 3.00. The molecule has 0 aliphatic heterocycles. The highest BCUT2D eigenvalue weighted by Gasteiger charge is 2.32. The van der Waals surface area contributed by atoms with Crippen LogP contribution in [0.2, 0.25) is 0 Å². The van der Waals surface area contributed by atoms with Crippen molar-refractivity contribution in [1.29, 1.82) is 0 Å². The van der Waals surface area contributed by atoms with Crippen molar-refractivity contribution in [3.63, 3.8) is 0 Å². The van der Waals surface area contributed by atoms with E-state index in [0.29, 0.717) is 30.6 Å². The Morgan fingerprint density at radius 2 is 1.62 bits per heavy atom. The summed E-state index contributed by atoms with van der Waals surface area (Å²) >= 11 is 0. The second kappa shape index (κ2) is 8.34. The number of carbonyl (C=O) groups excluding carboxylic acids is 2. The summed E-state index contributed by atoms with van der Waals surface area (Å²) in [6.07, 6.45) is 11.1. The van der Waals surface area contributed by atoms with Gasteiger partial charge in [0.05, 0.1) is 12.5 Å². The van der Waals surface area contributed by atoms with Crippen LogP contribution in [0.15, 0.2) is 60.2 Å². The van der Waals surface area contributed by atoms with E-state index in [0.717, 1.165) is 11.1 Å². The number of nitrogens with zero attached hydrogens (tertiary/aromatic N) is 2. The van der Waals surface area contributed by atoms with Crippen molar-refractivity contribution < 1.29 is 14.3 Å². The van der Waals surface area contributed by atoms with Crippen molar-refractivity contribution in [2.75, 3.05) is 6.61 Å². The molecule has 3 rings (SSSR count). The van der Waals surface area contributed by atoms with Gasteiger partial charge in [0.2, 0.25) is 0 Å². The maximum absolute atomic E-state index is 12.9. The van der Waals surface area contributed by atoms with Gasteiger partial charge in [0.15, 0.2) is 5.78 Å². The van der Waals surface area contributed by atoms with Crippen LogP contribution in [0.1, 0.15) is 30.9 Å². The monoisotopic (exact) mass is 348 g/mol. The summed E-state index contributed by atoms with van der Waals surface area (Å²) in [6, 6.07) is 7.39. The molecule has 0 spiro atoms. The summed E-state index contributed by atoms with van der Waals surface area (Å²) in [5, 5.41) is 0. The van der Waals surface area contributed by atoms with Crippen molar-refractivity contribution in [3.05, 3.63) is 71.3 Å². The van der Waals surface area contributed by atoms with Gasteiger partial charge in [-0.1, -0.05) is 12.1 Å². The molecule has 0 aromatic carbocycles. The van der Waals surface area contributed by atoms with Gasteiger partial charge in [-0.3, -0.25) is 19.6 Å². The smallest absolute Gasteiger partial charge is 0.309 e. The van der Waals surface area contributed by atoms with Crippen LogP contribution in [0.5, 0.6) is 0 Å². The first-order chi connectivity index (χ1) is 12.7. The second-order valence-electron chi connectivity index (χ2n) is 6.10. The number of allylic oxidation sites excluding steroid dienone is 2. The van der Waals surface area contributed by atoms with Crippen LogP contribution >= 0.6 is 0 Å². The minimum Gasteiger partial charge on any atom is -0.466 e. The molecule has 1 aliphatic rings. The van der Waals surface area contributed by atoms with Gasteiger partial charge in [-0.05, 0) is 55.2 Å². The van der Waals surface area contributed by atoms with Gasteiger partial charge in [0.25, 0.3) is 0 Å². The van der Waals surface area contributed by atoms with E-state index in [1.165, 1.54) is 0 Å². The Hall–Kier alpha value is -3.08. The third-order valence-corrected chi connectivity index (χ3v) is 4.19. The van der Waals surface area contributed by atoms with Gasteiger partial charge >= 0.3 is 5.97 Å². The molecular formula is C21H20N2O3. The van der Waals surface area contributed by atoms with Crippen LogP contribution in [-0.4, -0.2) is 28.3 Å². The summed E-state index contributed by atoms with van der Waals surface area (Å²) in [5.74, 6) is -0.675. The number of ether oxygens (including phenoxy) is 1. The van der Waals surface area contributed by atoms with E-state index in [1.54, 1.807) is 43.9 Å². The van der Waals surface area contributed by atoms with Crippen LogP contribution in [0.25, 0.3) is 12.2 Å². The molecule has 0 N–H and O–H groups in total. The lowest BCUT2D eigenvalue weighted by Gasteiger charge is -2.24. The van der Waals surface area contributed by atoms with Crippen LogP contribution in [0, 0.1) is 5.92 Å². The first-order valence-corrected chi connectivity index (χ1v) is 8.60. The summed E-state index contributed by atoms with van der Waals surface area (Å²) in [4.78, 5) is 33.4. The molecule has 5 nitrogen and oxygen atoms in total. The number of Topliss-reactive ketones (excluding diaryl/α,β-unsaturated/α-hetero) is 1. The Morgan fingerprint density at radius 1 is 1.08 bits per heavy atom. The van der Waals surface area contributed by atoms with Crippen LogP contribution < -0.4 is 0 Å². The standard InChI is InChI=1S/C21H20N2O3/c1-2-26-21(25)19-11-17(9-15-5-3-7-22-13-15)20(24)18(12-19)10-16-6-4-8-23-14-16/h3-10,13-14,19H,2,11-12H2,1H3. The molecule has 132 valence electrons. The summed E-state index contributed by atoms with van der Waals surface area (Å²) in [5.41, 5.74) is 2.86. The predicted octanol–water partition coefficient (Wildman–Crippen LogP) is 3.49. The molecule has 0 unspecified atom stereocenters. The Morgan fingerprint density at radius 3 is 2.04 bits per heavy atom. The third-order valence-electron chi connectivity index (χ3n) is 4.19. The molecule has 2 aromatic heterocycles. The van der Waals surface area contributed by atoms with Crippen molar-refractivity contribution in [2.45, 2.75) is 19.8 Å². The summed E-state index contributed by atoms with van der Waals surface area (Å²) in [7, 11) is 0. The van der Waals surface area contributed by atoms with E-state index in [9.17, 15) is 9.59 Å². The average Bonchev–Trinajstić information content (AvgIpc) is 2.66. The van der Waals surface area contributed by atoms with Crippen LogP contribution in [-0.2, 0) is 14.3 Å². The van der Waals surface area contributed by atoms with Gasteiger partial charge in [0.1, 0.15) is 0 Å². The van der Waals surface area contributed by atoms with Crippen molar-refractivity contribution in [2.24, 2.45) is 5.92 Å². The van der Waals surface area contributed by atoms with E-state index >= 15 is 0 Å². The van der Waals surface area contributed by atoms with Gasteiger partial charge < -0.3 is 4.74 Å². The van der Waals surface area contributed by atoms with Crippen LogP contribution in [0.3, 0.4) is 0 Å². The Labute approximate surface area is 152 Å². The van der Waals surface area contributed by atoms with Gasteiger partial charge in [0, 0.05) is 35.9 Å². The number of hydrogen-bond acceptors (Lipinski definition) is 5. The number of hydrogen-bond donors (Lipinski definition) is 0. The highest BCUT2D eigenvalue weighted by molar-refractivity contribution is 6.14. The molecule has 26 heavy (non-hydrogen) atoms. The van der Waals surface area contributed by atoms with Crippen molar-refractivity contribution in [3.8, 4) is 0 Å². The average molecular weight is 348 g/mol. The van der Waals surface area contributed by atoms with E-state index in [-0.39, 0.29) is 17.7 Å². The maximum Gasteiger partial charge on any atom is 0.309 e. The number of rotatable bonds is 4. The molecule has 0 radical (unpaired) electrons. The summed E-state index contributed by atoms with van der Waals surface area (Å²) < 4.78 is 5.18. The number of esters is 1. The second-order valence-corrected chi connectivity index (χ2v) is 6.10. The lowest BCUT2D eigenvalue weighted by atomic mass is 9.80. The lowest BCUT2D eigenvalue weighted by Crippen LogP contribution is -2.27. The molecular weight excluding hydrogens is 328 g/mol. The molecule has 1 aliphatic carbocycles. The lowest BCUT2D eigenvalue weighted by molar-refractivity contribution is -0.148. The van der Waals surface area contributed by atoms with Gasteiger partial charge in [-0.25, -0.2) is 0 Å². The topological polar surface area (TPSA) is 69.2 Å². The van der Waals surface area contributed by atoms with Gasteiger partial charge in [-0.2, -0.15) is 0 Å². The fraction of sp³-hybridized carbons (Fsp3) is 0.238. The van der Waals surface area contributed by atoms with Crippen LogP contribution in [0.4, 0.5) is 0 Å². The number of ketones is 1. The van der Waals surface area contributed by atoms with Crippen molar-refractivity contribution >= 4 is 23.9 Å². The maximum atomic E-state index is 12.9. The molecule has 0 atom stereocenters. The minimum atomic E-state index is -0.363. The number of aromatic nitrogens is 2. The first kappa shape index (κ1) is 17.7. The Kier molecular flexibility index (Phi) is 5.69. The number of pyridine rings is 2. The quantitative estimate of drug-likeness (QED) is 0.625. The fourth-order valence-corrected chi connectivity index (χ4v) is 3.00. The van der Waals surface area contributed by atoms with E-state index in [4.69, 9.17) is 4.74 Å². The SMILES string of the molecule is CCOC(=O)C1CC(=Cc2cccnc2)C(=O)C(=Cc2cccnc2)C1. The summed E-state index contributed by atoms with van der Waals surface area (Å²) in [6.45, 7) is 2.11. The molecule has 0 bridgehead atoms. The normalized spacial score (nSPS) is 20.3. The zero-order valence-electron chi connectivity index (χ0n) is 14.6. The highest BCUT2D eigenvalue weighted by Crippen LogP contribution is 2.33. The van der Waals surface area contributed by atoms with Gasteiger partial charge in [-0.15, -0.1) is 0 Å². The van der Waals surface area contributed by atoms with E-state index < -0.39 is 0 Å². The zero-order chi connectivity index (χ0) is 18.4. The Bertz CT molecular complexity index is 781. The predicted molar refractivity (Wildman–Crippen MR) is 98.8 cm³/mol.